The zero-order valence-corrected chi connectivity index (χ0v) is 12.6. The van der Waals surface area contributed by atoms with Crippen LogP contribution in [-0.4, -0.2) is 27.9 Å². The smallest absolute Gasteiger partial charge is 0.328 e. The summed E-state index contributed by atoms with van der Waals surface area (Å²) in [6.45, 7) is 5.40. The number of carboxylic acids is 1. The minimum absolute atomic E-state index is 0.102. The summed E-state index contributed by atoms with van der Waals surface area (Å²) in [5.74, 6) is -0.969. The lowest BCUT2D eigenvalue weighted by Gasteiger charge is -2.13. The maximum Gasteiger partial charge on any atom is 0.328 e. The highest BCUT2D eigenvalue weighted by Crippen LogP contribution is 2.31. The number of carboxylic acid groups (broad SMARTS) is 1. The van der Waals surface area contributed by atoms with Crippen LogP contribution in [0.3, 0.4) is 0 Å². The third kappa shape index (κ3) is 2.29. The lowest BCUT2D eigenvalue weighted by Crippen LogP contribution is -2.31. The summed E-state index contributed by atoms with van der Waals surface area (Å²) < 4.78 is 1.61. The molecule has 2 rings (SSSR count). The summed E-state index contributed by atoms with van der Waals surface area (Å²) in [4.78, 5) is 23.5. The average molecular weight is 295 g/mol. The van der Waals surface area contributed by atoms with Crippen molar-refractivity contribution < 1.29 is 9.90 Å². The number of nitrogens with one attached hydrogen (secondary N) is 1. The molecule has 20 heavy (non-hydrogen) atoms. The third-order valence-corrected chi connectivity index (χ3v) is 4.28. The van der Waals surface area contributed by atoms with Gasteiger partial charge in [0.05, 0.1) is 10.7 Å². The van der Waals surface area contributed by atoms with Crippen molar-refractivity contribution in [3.63, 3.8) is 0 Å². The van der Waals surface area contributed by atoms with Gasteiger partial charge in [0.25, 0.3) is 5.56 Å². The van der Waals surface area contributed by atoms with Crippen LogP contribution in [0, 0.1) is 0 Å². The van der Waals surface area contributed by atoms with Gasteiger partial charge in [-0.3, -0.25) is 4.79 Å². The number of hydrogen-bond acceptors (Lipinski definition) is 5. The van der Waals surface area contributed by atoms with Gasteiger partial charge in [0.15, 0.2) is 6.04 Å². The van der Waals surface area contributed by atoms with Gasteiger partial charge < -0.3 is 10.4 Å². The summed E-state index contributed by atoms with van der Waals surface area (Å²) in [6.07, 6.45) is 0. The van der Waals surface area contributed by atoms with Gasteiger partial charge in [-0.05, 0) is 18.9 Å². The van der Waals surface area contributed by atoms with Gasteiger partial charge >= 0.3 is 5.97 Å². The summed E-state index contributed by atoms with van der Waals surface area (Å²) in [5.41, 5.74) is 0.385. The van der Waals surface area contributed by atoms with Crippen molar-refractivity contribution in [1.29, 1.82) is 0 Å². The molecule has 0 saturated heterocycles. The molecule has 0 aliphatic rings. The standard InChI is InChI=1S/C13H17N3O3S/c1-6(2)10-8-5-9(14-4)20-11(8)12(17)16(15-10)7(3)13(18)19/h5-7,14H,1-4H3,(H,18,19). The molecular formula is C13H17N3O3S. The van der Waals surface area contributed by atoms with Crippen LogP contribution in [0.4, 0.5) is 5.00 Å². The van der Waals surface area contributed by atoms with Crippen LogP contribution in [0.25, 0.3) is 10.1 Å². The lowest BCUT2D eigenvalue weighted by atomic mass is 10.1. The Morgan fingerprint density at radius 1 is 1.45 bits per heavy atom. The van der Waals surface area contributed by atoms with Crippen LogP contribution >= 0.6 is 11.3 Å². The van der Waals surface area contributed by atoms with Crippen LogP contribution in [-0.2, 0) is 4.79 Å². The summed E-state index contributed by atoms with van der Waals surface area (Å²) in [5, 5.41) is 18.0. The number of carbonyl (C=O) groups is 1. The van der Waals surface area contributed by atoms with E-state index in [2.05, 4.69) is 10.4 Å². The van der Waals surface area contributed by atoms with Crippen molar-refractivity contribution in [1.82, 2.24) is 9.78 Å². The van der Waals surface area contributed by atoms with Gasteiger partial charge in [0.2, 0.25) is 0 Å². The third-order valence-electron chi connectivity index (χ3n) is 3.14. The van der Waals surface area contributed by atoms with Crippen LogP contribution in [0.5, 0.6) is 0 Å². The van der Waals surface area contributed by atoms with E-state index in [0.29, 0.717) is 4.70 Å². The van der Waals surface area contributed by atoms with Crippen molar-refractivity contribution >= 4 is 32.4 Å². The highest BCUT2D eigenvalue weighted by Gasteiger charge is 2.22. The number of fused-ring (bicyclic) bond motifs is 1. The summed E-state index contributed by atoms with van der Waals surface area (Å²) >= 11 is 1.32. The van der Waals surface area contributed by atoms with E-state index in [0.717, 1.165) is 20.8 Å². The van der Waals surface area contributed by atoms with Gasteiger partial charge in [0.1, 0.15) is 4.70 Å². The average Bonchev–Trinajstić information content (AvgIpc) is 2.82. The lowest BCUT2D eigenvalue weighted by molar-refractivity contribution is -0.140. The molecule has 0 bridgehead atoms. The van der Waals surface area contributed by atoms with Gasteiger partial charge in [-0.25, -0.2) is 9.48 Å². The Morgan fingerprint density at radius 2 is 2.10 bits per heavy atom. The Morgan fingerprint density at radius 3 is 2.60 bits per heavy atom. The predicted octanol–water partition coefficient (Wildman–Crippen LogP) is 2.27. The molecule has 0 spiro atoms. The van der Waals surface area contributed by atoms with E-state index in [1.807, 2.05) is 19.9 Å². The molecule has 6 nitrogen and oxygen atoms in total. The fraction of sp³-hybridized carbons (Fsp3) is 0.462. The molecule has 0 fully saturated rings. The molecule has 0 aliphatic carbocycles. The monoisotopic (exact) mass is 295 g/mol. The molecule has 0 aromatic carbocycles. The number of hydrogen-bond donors (Lipinski definition) is 2. The Hall–Kier alpha value is -1.89. The molecule has 2 N–H and O–H groups in total. The van der Waals surface area contributed by atoms with E-state index in [1.165, 1.54) is 18.3 Å². The molecule has 2 heterocycles. The molecule has 0 aliphatic heterocycles. The molecule has 0 saturated carbocycles. The van der Waals surface area contributed by atoms with E-state index in [4.69, 9.17) is 5.11 Å². The zero-order valence-electron chi connectivity index (χ0n) is 11.8. The first-order valence-corrected chi connectivity index (χ1v) is 7.15. The second kappa shape index (κ2) is 5.24. The second-order valence-electron chi connectivity index (χ2n) is 4.91. The van der Waals surface area contributed by atoms with Gasteiger partial charge in [0, 0.05) is 12.4 Å². The quantitative estimate of drug-likeness (QED) is 0.904. The Labute approximate surface area is 120 Å². The maximum absolute atomic E-state index is 12.4. The molecule has 108 valence electrons. The highest BCUT2D eigenvalue weighted by atomic mass is 32.1. The number of rotatable bonds is 4. The number of thiophene rings is 1. The topological polar surface area (TPSA) is 84.2 Å². The van der Waals surface area contributed by atoms with Crippen molar-refractivity contribution in [2.75, 3.05) is 12.4 Å². The van der Waals surface area contributed by atoms with E-state index < -0.39 is 12.0 Å². The minimum atomic E-state index is -1.07. The minimum Gasteiger partial charge on any atom is -0.480 e. The van der Waals surface area contributed by atoms with Gasteiger partial charge in [-0.15, -0.1) is 11.3 Å². The van der Waals surface area contributed by atoms with Crippen molar-refractivity contribution in [3.05, 3.63) is 22.1 Å². The number of aliphatic carboxylic acids is 1. The number of anilines is 1. The van der Waals surface area contributed by atoms with Crippen molar-refractivity contribution in [3.8, 4) is 0 Å². The molecule has 1 unspecified atom stereocenters. The van der Waals surface area contributed by atoms with Crippen LogP contribution in [0.15, 0.2) is 10.9 Å². The molecule has 2 aromatic heterocycles. The summed E-state index contributed by atoms with van der Waals surface area (Å²) in [6, 6.07) is 0.906. The first kappa shape index (κ1) is 14.5. The second-order valence-corrected chi connectivity index (χ2v) is 5.96. The summed E-state index contributed by atoms with van der Waals surface area (Å²) in [7, 11) is 1.78. The van der Waals surface area contributed by atoms with E-state index in [-0.39, 0.29) is 11.5 Å². The molecular weight excluding hydrogens is 278 g/mol. The van der Waals surface area contributed by atoms with Crippen molar-refractivity contribution in [2.24, 2.45) is 0 Å². The van der Waals surface area contributed by atoms with Crippen LogP contribution in [0.2, 0.25) is 0 Å². The molecule has 1 atom stereocenters. The highest BCUT2D eigenvalue weighted by molar-refractivity contribution is 7.22. The fourth-order valence-corrected chi connectivity index (χ4v) is 2.93. The van der Waals surface area contributed by atoms with Gasteiger partial charge in [-0.1, -0.05) is 13.8 Å². The molecule has 7 heteroatoms. The largest absolute Gasteiger partial charge is 0.480 e. The normalized spacial score (nSPS) is 12.8. The number of aromatic nitrogens is 2. The SMILES string of the molecule is CNc1cc2c(C(C)C)nn(C(C)C(=O)O)c(=O)c2s1. The van der Waals surface area contributed by atoms with E-state index in [1.54, 1.807) is 7.05 Å². The predicted molar refractivity (Wildman–Crippen MR) is 79.9 cm³/mol. The zero-order chi connectivity index (χ0) is 15.0. The van der Waals surface area contributed by atoms with E-state index >= 15 is 0 Å². The van der Waals surface area contributed by atoms with Crippen LogP contribution in [0.1, 0.15) is 38.4 Å². The first-order valence-electron chi connectivity index (χ1n) is 6.33. The van der Waals surface area contributed by atoms with E-state index in [9.17, 15) is 9.59 Å². The van der Waals surface area contributed by atoms with Crippen molar-refractivity contribution in [2.45, 2.75) is 32.7 Å². The fourth-order valence-electron chi connectivity index (χ4n) is 1.98. The molecule has 0 radical (unpaired) electrons. The number of nitrogens with zero attached hydrogens (tertiary/aromatic N) is 2. The van der Waals surface area contributed by atoms with Crippen LogP contribution < -0.4 is 10.9 Å². The maximum atomic E-state index is 12.4. The molecule has 0 amide bonds. The first-order chi connectivity index (χ1) is 9.36. The Kier molecular flexibility index (Phi) is 3.80. The Bertz CT molecular complexity index is 717. The van der Waals surface area contributed by atoms with Gasteiger partial charge in [-0.2, -0.15) is 5.10 Å². The Balaban J connectivity index is 2.82. The molecule has 2 aromatic rings.